The van der Waals surface area contributed by atoms with Gasteiger partial charge in [-0.3, -0.25) is 4.79 Å². The molecule has 3 aromatic rings. The maximum absolute atomic E-state index is 12.6. The molecule has 3 aromatic carbocycles. The number of carbonyl (C=O) groups excluding carboxylic acids is 5. The summed E-state index contributed by atoms with van der Waals surface area (Å²) >= 11 is 0. The van der Waals surface area contributed by atoms with Crippen molar-refractivity contribution in [3.05, 3.63) is 103 Å². The molecule has 0 N–H and O–H groups in total. The molecular weight excluding hydrogens is 632 g/mol. The molecule has 11 nitrogen and oxygen atoms in total. The third-order valence-electron chi connectivity index (χ3n) is 7.42. The van der Waals surface area contributed by atoms with Gasteiger partial charge in [0.1, 0.15) is 23.4 Å². The van der Waals surface area contributed by atoms with E-state index < -0.39 is 30.0 Å². The lowest BCUT2D eigenvalue weighted by Gasteiger charge is -2.21. The first-order valence-electron chi connectivity index (χ1n) is 16.0. The third-order valence-corrected chi connectivity index (χ3v) is 7.42. The lowest BCUT2D eigenvalue weighted by atomic mass is 9.98. The number of unbranched alkanes of at least 4 members (excludes halogenated alkanes) is 1. The summed E-state index contributed by atoms with van der Waals surface area (Å²) in [7, 11) is 0. The van der Waals surface area contributed by atoms with Crippen LogP contribution < -0.4 is 14.2 Å². The average Bonchev–Trinajstić information content (AvgIpc) is 3.11. The normalized spacial score (nSPS) is 12.6. The zero-order chi connectivity index (χ0) is 35.0. The molecule has 0 unspecified atom stereocenters. The number of rotatable bonds is 15. The molecule has 0 radical (unpaired) electrons. The van der Waals surface area contributed by atoms with Gasteiger partial charge in [0, 0.05) is 11.6 Å². The quantitative estimate of drug-likeness (QED) is 0.0401. The number of hydrogen-bond donors (Lipinski definition) is 0. The second-order valence-corrected chi connectivity index (χ2v) is 11.2. The molecule has 0 bridgehead atoms. The molecule has 0 saturated heterocycles. The molecule has 1 saturated carbocycles. The lowest BCUT2D eigenvalue weighted by molar-refractivity contribution is -0.150. The Morgan fingerprint density at radius 3 is 1.80 bits per heavy atom. The van der Waals surface area contributed by atoms with Crippen molar-refractivity contribution in [1.29, 1.82) is 0 Å². The Labute approximate surface area is 284 Å². The van der Waals surface area contributed by atoms with Crippen LogP contribution in [0.5, 0.6) is 17.2 Å². The van der Waals surface area contributed by atoms with E-state index in [4.69, 9.17) is 28.4 Å². The monoisotopic (exact) mass is 670 g/mol. The molecule has 1 aliphatic rings. The minimum atomic E-state index is -0.900. The van der Waals surface area contributed by atoms with Crippen molar-refractivity contribution in [3.8, 4) is 28.4 Å². The van der Waals surface area contributed by atoms with Gasteiger partial charge in [0.25, 0.3) is 0 Å². The molecule has 4 rings (SSSR count). The smallest absolute Gasteiger partial charge is 0.463 e. The minimum Gasteiger partial charge on any atom is -0.463 e. The molecule has 11 heteroatoms. The van der Waals surface area contributed by atoms with Gasteiger partial charge < -0.3 is 28.4 Å². The summed E-state index contributed by atoms with van der Waals surface area (Å²) in [5.41, 5.74) is 1.93. The Morgan fingerprint density at radius 2 is 1.20 bits per heavy atom. The predicted molar refractivity (Wildman–Crippen MR) is 178 cm³/mol. The van der Waals surface area contributed by atoms with Crippen LogP contribution >= 0.6 is 0 Å². The van der Waals surface area contributed by atoms with Gasteiger partial charge in [-0.1, -0.05) is 43.8 Å². The van der Waals surface area contributed by atoms with Gasteiger partial charge in [-0.25, -0.2) is 19.2 Å². The third kappa shape index (κ3) is 12.1. The van der Waals surface area contributed by atoms with Crippen molar-refractivity contribution in [2.24, 2.45) is 0 Å². The van der Waals surface area contributed by atoms with E-state index in [1.54, 1.807) is 48.5 Å². The minimum absolute atomic E-state index is 0.0225. The molecule has 0 spiro atoms. The molecule has 1 fully saturated rings. The molecular formula is C38H38O11. The number of ether oxygens (including phenoxy) is 6. The SMILES string of the molecule is C=CC(=O)OCCCCOC(=O)Oc1ccc(C(=O)Oc2ccc(-c3ccc(OC(=O)C(=C)CC(=O)OC4CCCCC4)cc3)cc2)cc1. The maximum atomic E-state index is 12.6. The van der Waals surface area contributed by atoms with Crippen molar-refractivity contribution in [3.63, 3.8) is 0 Å². The Bertz CT molecular complexity index is 1620. The summed E-state index contributed by atoms with van der Waals surface area (Å²) in [6.07, 6.45) is 5.76. The van der Waals surface area contributed by atoms with Crippen LogP contribution in [0.1, 0.15) is 61.7 Å². The highest BCUT2D eigenvalue weighted by molar-refractivity contribution is 5.94. The van der Waals surface area contributed by atoms with Crippen molar-refractivity contribution >= 4 is 30.0 Å². The van der Waals surface area contributed by atoms with Crippen LogP contribution in [0, 0.1) is 0 Å². The number of benzene rings is 3. The standard InChI is InChI=1S/C38H38O11/c1-3-34(39)44-23-7-8-24-45-38(43)49-33-21-15-29(16-22-33)37(42)48-32-19-13-28(14-20-32)27-11-17-31(18-12-27)47-36(41)26(2)25-35(40)46-30-9-5-4-6-10-30/h3,11-22,30H,1-2,4-10,23-25H2. The Balaban J connectivity index is 1.18. The van der Waals surface area contributed by atoms with Crippen LogP contribution in [0.4, 0.5) is 4.79 Å². The molecule has 49 heavy (non-hydrogen) atoms. The predicted octanol–water partition coefficient (Wildman–Crippen LogP) is 7.33. The molecule has 1 aliphatic carbocycles. The van der Waals surface area contributed by atoms with Gasteiger partial charge >= 0.3 is 30.0 Å². The first-order valence-corrected chi connectivity index (χ1v) is 16.0. The van der Waals surface area contributed by atoms with Crippen LogP contribution in [-0.4, -0.2) is 49.4 Å². The second-order valence-electron chi connectivity index (χ2n) is 11.2. The Hall–Kier alpha value is -5.71. The highest BCUT2D eigenvalue weighted by Crippen LogP contribution is 2.26. The Kier molecular flexibility index (Phi) is 13.7. The topological polar surface area (TPSA) is 141 Å². The van der Waals surface area contributed by atoms with Gasteiger partial charge in [0.2, 0.25) is 0 Å². The fraction of sp³-hybridized carbons (Fsp3) is 0.289. The van der Waals surface area contributed by atoms with Gasteiger partial charge in [0.15, 0.2) is 0 Å². The maximum Gasteiger partial charge on any atom is 0.513 e. The van der Waals surface area contributed by atoms with E-state index in [1.807, 2.05) is 0 Å². The summed E-state index contributed by atoms with van der Waals surface area (Å²) in [6.45, 7) is 7.27. The van der Waals surface area contributed by atoms with Crippen molar-refractivity contribution < 1.29 is 52.4 Å². The van der Waals surface area contributed by atoms with Gasteiger partial charge in [-0.2, -0.15) is 0 Å². The summed E-state index contributed by atoms with van der Waals surface area (Å²) in [5.74, 6) is -1.48. The average molecular weight is 671 g/mol. The van der Waals surface area contributed by atoms with E-state index in [9.17, 15) is 24.0 Å². The van der Waals surface area contributed by atoms with Gasteiger partial charge in [0.05, 0.1) is 25.2 Å². The fourth-order valence-corrected chi connectivity index (χ4v) is 4.81. The van der Waals surface area contributed by atoms with E-state index in [0.29, 0.717) is 24.3 Å². The van der Waals surface area contributed by atoms with Crippen LogP contribution in [0.3, 0.4) is 0 Å². The zero-order valence-corrected chi connectivity index (χ0v) is 27.1. The zero-order valence-electron chi connectivity index (χ0n) is 27.1. The molecule has 0 amide bonds. The van der Waals surface area contributed by atoms with E-state index in [0.717, 1.165) is 49.3 Å². The van der Waals surface area contributed by atoms with Gasteiger partial charge in [-0.05, 0) is 98.2 Å². The highest BCUT2D eigenvalue weighted by atomic mass is 16.7. The second kappa shape index (κ2) is 18.6. The van der Waals surface area contributed by atoms with Crippen LogP contribution in [0.25, 0.3) is 11.1 Å². The largest absolute Gasteiger partial charge is 0.513 e. The number of esters is 4. The first-order chi connectivity index (χ1) is 23.7. The van der Waals surface area contributed by atoms with E-state index in [-0.39, 0.29) is 42.6 Å². The van der Waals surface area contributed by atoms with Crippen molar-refractivity contribution in [2.45, 2.75) is 57.5 Å². The molecule has 256 valence electrons. The number of carbonyl (C=O) groups is 5. The van der Waals surface area contributed by atoms with Crippen LogP contribution in [0.2, 0.25) is 0 Å². The van der Waals surface area contributed by atoms with Crippen LogP contribution in [-0.2, 0) is 28.6 Å². The molecule has 0 heterocycles. The van der Waals surface area contributed by atoms with Crippen molar-refractivity contribution in [2.75, 3.05) is 13.2 Å². The van der Waals surface area contributed by atoms with E-state index >= 15 is 0 Å². The fourth-order valence-electron chi connectivity index (χ4n) is 4.81. The van der Waals surface area contributed by atoms with Crippen molar-refractivity contribution in [1.82, 2.24) is 0 Å². The summed E-state index contributed by atoms with van der Waals surface area (Å²) < 4.78 is 31.2. The van der Waals surface area contributed by atoms with E-state index in [2.05, 4.69) is 13.2 Å². The summed E-state index contributed by atoms with van der Waals surface area (Å²) in [4.78, 5) is 60.2. The molecule has 0 aliphatic heterocycles. The summed E-state index contributed by atoms with van der Waals surface area (Å²) in [6, 6.07) is 19.5. The number of hydrogen-bond acceptors (Lipinski definition) is 11. The molecule has 0 atom stereocenters. The van der Waals surface area contributed by atoms with E-state index in [1.165, 1.54) is 24.3 Å². The molecule has 0 aromatic heterocycles. The highest BCUT2D eigenvalue weighted by Gasteiger charge is 2.21. The lowest BCUT2D eigenvalue weighted by Crippen LogP contribution is -2.22. The first kappa shape index (κ1) is 36.1. The van der Waals surface area contributed by atoms with Gasteiger partial charge in [-0.15, -0.1) is 0 Å². The van der Waals surface area contributed by atoms with Crippen LogP contribution in [0.15, 0.2) is 97.6 Å². The summed E-state index contributed by atoms with van der Waals surface area (Å²) in [5, 5.41) is 0. The Morgan fingerprint density at radius 1 is 0.673 bits per heavy atom.